The lowest BCUT2D eigenvalue weighted by Gasteiger charge is -2.15. The summed E-state index contributed by atoms with van der Waals surface area (Å²) in [7, 11) is 0. The Kier molecular flexibility index (Phi) is 5.54. The van der Waals surface area contributed by atoms with Crippen molar-refractivity contribution in [2.45, 2.75) is 13.0 Å². The number of para-hydroxylation sites is 1. The van der Waals surface area contributed by atoms with Crippen LogP contribution < -0.4 is 16.0 Å². The highest BCUT2D eigenvalue weighted by Crippen LogP contribution is 2.15. The van der Waals surface area contributed by atoms with Gasteiger partial charge in [-0.15, -0.1) is 0 Å². The van der Waals surface area contributed by atoms with Crippen LogP contribution in [0.4, 0.5) is 20.6 Å². The number of hydrogen-bond donors (Lipinski definition) is 3. The highest BCUT2D eigenvalue weighted by atomic mass is 35.5. The lowest BCUT2D eigenvalue weighted by Crippen LogP contribution is -2.43. The fraction of sp³-hybridized carbons (Fsp3) is 0.125. The Bertz CT molecular complexity index is 724. The summed E-state index contributed by atoms with van der Waals surface area (Å²) in [6, 6.07) is 11.0. The number of halogens is 2. The Hall–Kier alpha value is -2.60. The summed E-state index contributed by atoms with van der Waals surface area (Å²) in [4.78, 5) is 23.8. The van der Waals surface area contributed by atoms with E-state index < -0.39 is 23.8 Å². The van der Waals surface area contributed by atoms with E-state index in [0.29, 0.717) is 10.7 Å². The van der Waals surface area contributed by atoms with Crippen molar-refractivity contribution < 1.29 is 14.0 Å². The number of nitrogens with one attached hydrogen (secondary N) is 3. The van der Waals surface area contributed by atoms with Gasteiger partial charge in [0.15, 0.2) is 0 Å². The van der Waals surface area contributed by atoms with Crippen LogP contribution in [0.25, 0.3) is 0 Å². The molecule has 23 heavy (non-hydrogen) atoms. The van der Waals surface area contributed by atoms with E-state index in [4.69, 9.17) is 11.6 Å². The number of anilines is 2. The second-order valence-corrected chi connectivity index (χ2v) is 5.24. The minimum atomic E-state index is -0.853. The Morgan fingerprint density at radius 3 is 2.52 bits per heavy atom. The first-order valence-corrected chi connectivity index (χ1v) is 7.22. The quantitative estimate of drug-likeness (QED) is 0.798. The van der Waals surface area contributed by atoms with Crippen molar-refractivity contribution in [3.8, 4) is 0 Å². The van der Waals surface area contributed by atoms with Crippen molar-refractivity contribution >= 4 is 34.9 Å². The fourth-order valence-electron chi connectivity index (χ4n) is 1.80. The summed E-state index contributed by atoms with van der Waals surface area (Å²) in [6.45, 7) is 1.49. The van der Waals surface area contributed by atoms with Crippen molar-refractivity contribution in [1.82, 2.24) is 5.32 Å². The van der Waals surface area contributed by atoms with Crippen molar-refractivity contribution in [2.24, 2.45) is 0 Å². The zero-order chi connectivity index (χ0) is 16.8. The number of benzene rings is 2. The molecule has 3 N–H and O–H groups in total. The lowest BCUT2D eigenvalue weighted by molar-refractivity contribution is -0.117. The van der Waals surface area contributed by atoms with E-state index in [1.807, 2.05) is 0 Å². The van der Waals surface area contributed by atoms with Crippen LogP contribution in [0.15, 0.2) is 48.5 Å². The van der Waals surface area contributed by atoms with Crippen LogP contribution in [0.5, 0.6) is 0 Å². The van der Waals surface area contributed by atoms with Crippen LogP contribution in [-0.2, 0) is 4.79 Å². The van der Waals surface area contributed by atoms with E-state index in [9.17, 15) is 14.0 Å². The molecule has 0 aliphatic carbocycles. The molecule has 3 amide bonds. The van der Waals surface area contributed by atoms with Gasteiger partial charge < -0.3 is 16.0 Å². The molecule has 0 saturated heterocycles. The average molecular weight is 336 g/mol. The first-order valence-electron chi connectivity index (χ1n) is 6.84. The number of urea groups is 1. The Morgan fingerprint density at radius 2 is 1.83 bits per heavy atom. The first-order chi connectivity index (χ1) is 11.0. The predicted molar refractivity (Wildman–Crippen MR) is 88.1 cm³/mol. The lowest BCUT2D eigenvalue weighted by atomic mass is 10.2. The van der Waals surface area contributed by atoms with Gasteiger partial charge in [-0.2, -0.15) is 0 Å². The maximum Gasteiger partial charge on any atom is 0.319 e. The molecule has 2 aromatic carbocycles. The molecular weight excluding hydrogens is 321 g/mol. The van der Waals surface area contributed by atoms with Crippen molar-refractivity contribution in [1.29, 1.82) is 0 Å². The normalized spacial score (nSPS) is 11.4. The molecule has 2 aromatic rings. The molecule has 120 valence electrons. The molecule has 0 fully saturated rings. The van der Waals surface area contributed by atoms with Crippen LogP contribution >= 0.6 is 11.6 Å². The SMILES string of the molecule is CC(NC(=O)Nc1cccc(Cl)c1)C(=O)Nc1ccccc1F. The third-order valence-electron chi connectivity index (χ3n) is 2.96. The molecule has 0 spiro atoms. The van der Waals surface area contributed by atoms with Crippen LogP contribution in [0.1, 0.15) is 6.92 Å². The van der Waals surface area contributed by atoms with Gasteiger partial charge in [-0.25, -0.2) is 9.18 Å². The van der Waals surface area contributed by atoms with Crippen molar-refractivity contribution in [2.75, 3.05) is 10.6 Å². The van der Waals surface area contributed by atoms with Gasteiger partial charge >= 0.3 is 6.03 Å². The van der Waals surface area contributed by atoms with Crippen molar-refractivity contribution in [3.63, 3.8) is 0 Å². The summed E-state index contributed by atoms with van der Waals surface area (Å²) in [6.07, 6.45) is 0. The zero-order valence-corrected chi connectivity index (χ0v) is 13.0. The average Bonchev–Trinajstić information content (AvgIpc) is 2.49. The minimum absolute atomic E-state index is 0.0569. The molecule has 0 saturated carbocycles. The minimum Gasteiger partial charge on any atom is -0.326 e. The molecule has 1 unspecified atom stereocenters. The van der Waals surface area contributed by atoms with Gasteiger partial charge in [0.25, 0.3) is 0 Å². The summed E-state index contributed by atoms with van der Waals surface area (Å²) in [5.41, 5.74) is 0.554. The van der Waals surface area contributed by atoms with Crippen LogP contribution in [0.3, 0.4) is 0 Å². The molecule has 2 rings (SSSR count). The molecular formula is C16H15ClFN3O2. The number of hydrogen-bond acceptors (Lipinski definition) is 2. The molecule has 0 bridgehead atoms. The van der Waals surface area contributed by atoms with Gasteiger partial charge in [-0.05, 0) is 37.3 Å². The molecule has 0 radical (unpaired) electrons. The van der Waals surface area contributed by atoms with Gasteiger partial charge in [0.1, 0.15) is 11.9 Å². The maximum atomic E-state index is 13.5. The number of carbonyl (C=O) groups excluding carboxylic acids is 2. The fourth-order valence-corrected chi connectivity index (χ4v) is 1.99. The first kappa shape index (κ1) is 16.8. The van der Waals surface area contributed by atoms with E-state index in [1.54, 1.807) is 30.3 Å². The Labute approximate surface area is 137 Å². The Balaban J connectivity index is 1.90. The van der Waals surface area contributed by atoms with E-state index in [2.05, 4.69) is 16.0 Å². The molecule has 0 aliphatic rings. The van der Waals surface area contributed by atoms with Crippen molar-refractivity contribution in [3.05, 3.63) is 59.4 Å². The van der Waals surface area contributed by atoms with E-state index in [-0.39, 0.29) is 5.69 Å². The molecule has 5 nitrogen and oxygen atoms in total. The molecule has 0 aliphatic heterocycles. The standard InChI is InChI=1S/C16H15ClFN3O2/c1-10(15(22)21-14-8-3-2-7-13(14)18)19-16(23)20-12-6-4-5-11(17)9-12/h2-10H,1H3,(H,21,22)(H2,19,20,23). The molecule has 0 heterocycles. The number of carbonyl (C=O) groups is 2. The van der Waals surface area contributed by atoms with Gasteiger partial charge in [-0.3, -0.25) is 4.79 Å². The van der Waals surface area contributed by atoms with Gasteiger partial charge in [-0.1, -0.05) is 29.8 Å². The number of amides is 3. The summed E-state index contributed by atoms with van der Waals surface area (Å²) >= 11 is 5.82. The highest BCUT2D eigenvalue weighted by molar-refractivity contribution is 6.30. The smallest absolute Gasteiger partial charge is 0.319 e. The summed E-state index contributed by atoms with van der Waals surface area (Å²) < 4.78 is 13.5. The second kappa shape index (κ2) is 7.60. The molecule has 0 aromatic heterocycles. The Morgan fingerprint density at radius 1 is 1.09 bits per heavy atom. The predicted octanol–water partition coefficient (Wildman–Crippen LogP) is 3.63. The third kappa shape index (κ3) is 4.96. The zero-order valence-electron chi connectivity index (χ0n) is 12.3. The van der Waals surface area contributed by atoms with Crippen LogP contribution in [0, 0.1) is 5.82 Å². The van der Waals surface area contributed by atoms with E-state index in [1.165, 1.54) is 25.1 Å². The van der Waals surface area contributed by atoms with Crippen LogP contribution in [-0.4, -0.2) is 18.0 Å². The van der Waals surface area contributed by atoms with Gasteiger partial charge in [0.2, 0.25) is 5.91 Å². The number of rotatable bonds is 4. The third-order valence-corrected chi connectivity index (χ3v) is 3.19. The largest absolute Gasteiger partial charge is 0.326 e. The van der Waals surface area contributed by atoms with E-state index >= 15 is 0 Å². The monoisotopic (exact) mass is 335 g/mol. The summed E-state index contributed by atoms with van der Waals surface area (Å²) in [5, 5.41) is 7.91. The van der Waals surface area contributed by atoms with Gasteiger partial charge in [0.05, 0.1) is 5.69 Å². The van der Waals surface area contributed by atoms with E-state index in [0.717, 1.165) is 0 Å². The van der Waals surface area contributed by atoms with Crippen LogP contribution in [0.2, 0.25) is 5.02 Å². The second-order valence-electron chi connectivity index (χ2n) is 4.80. The molecule has 1 atom stereocenters. The molecule has 7 heteroatoms. The van der Waals surface area contributed by atoms with Gasteiger partial charge in [0, 0.05) is 10.7 Å². The maximum absolute atomic E-state index is 13.5. The highest BCUT2D eigenvalue weighted by Gasteiger charge is 2.17. The summed E-state index contributed by atoms with van der Waals surface area (Å²) in [5.74, 6) is -1.08. The topological polar surface area (TPSA) is 70.2 Å².